The summed E-state index contributed by atoms with van der Waals surface area (Å²) in [6.45, 7) is 3.49. The van der Waals surface area contributed by atoms with E-state index in [0.29, 0.717) is 5.69 Å². The Morgan fingerprint density at radius 3 is 2.29 bits per heavy atom. The fraction of sp³-hybridized carbons (Fsp3) is 0.176. The highest BCUT2D eigenvalue weighted by molar-refractivity contribution is 8.08. The van der Waals surface area contributed by atoms with Crippen molar-refractivity contribution in [2.75, 3.05) is 12.0 Å². The zero-order valence-electron chi connectivity index (χ0n) is 13.4. The Kier molecular flexibility index (Phi) is 5.70. The van der Waals surface area contributed by atoms with Gasteiger partial charge in [-0.1, -0.05) is 35.9 Å². The number of hydrogen-bond donors (Lipinski definition) is 1. The van der Waals surface area contributed by atoms with Gasteiger partial charge in [0.05, 0.1) is 17.2 Å². The van der Waals surface area contributed by atoms with Crippen LogP contribution in [-0.4, -0.2) is 26.0 Å². The third kappa shape index (κ3) is 4.20. The summed E-state index contributed by atoms with van der Waals surface area (Å²) >= 11 is 0. The Balaban J connectivity index is 2.41. The zero-order valence-corrected chi connectivity index (χ0v) is 14.2. The number of sulfone groups is 1. The summed E-state index contributed by atoms with van der Waals surface area (Å²) in [6.07, 6.45) is 0. The van der Waals surface area contributed by atoms with E-state index >= 15 is 0 Å². The van der Waals surface area contributed by atoms with E-state index in [2.05, 4.69) is 10.5 Å². The molecule has 0 unspecified atom stereocenters. The summed E-state index contributed by atoms with van der Waals surface area (Å²) in [5.41, 5.74) is 4.04. The summed E-state index contributed by atoms with van der Waals surface area (Å²) in [5, 5.41) is 3.10. The number of ether oxygens (including phenoxy) is 1. The SMILES string of the molecule is CCOC(=O)/C(=N\Nc1ccccc1)S(=O)(=O)c1ccc(C)cc1. The van der Waals surface area contributed by atoms with Crippen LogP contribution in [0.5, 0.6) is 0 Å². The van der Waals surface area contributed by atoms with Gasteiger partial charge in [0.1, 0.15) is 0 Å². The Hall–Kier alpha value is -2.67. The highest BCUT2D eigenvalue weighted by Crippen LogP contribution is 2.15. The number of hydrogen-bond acceptors (Lipinski definition) is 6. The highest BCUT2D eigenvalue weighted by atomic mass is 32.2. The predicted molar refractivity (Wildman–Crippen MR) is 92.5 cm³/mol. The maximum absolute atomic E-state index is 12.7. The highest BCUT2D eigenvalue weighted by Gasteiger charge is 2.30. The third-order valence-corrected chi connectivity index (χ3v) is 4.76. The van der Waals surface area contributed by atoms with E-state index in [-0.39, 0.29) is 11.5 Å². The normalized spacial score (nSPS) is 11.8. The Bertz CT molecular complexity index is 829. The van der Waals surface area contributed by atoms with Gasteiger partial charge in [-0.25, -0.2) is 13.2 Å². The van der Waals surface area contributed by atoms with E-state index in [0.717, 1.165) is 5.56 Å². The van der Waals surface area contributed by atoms with Crippen molar-refractivity contribution in [3.63, 3.8) is 0 Å². The number of aryl methyl sites for hydroxylation is 1. The molecule has 2 rings (SSSR count). The quantitative estimate of drug-likeness (QED) is 0.398. The lowest BCUT2D eigenvalue weighted by molar-refractivity contribution is -0.134. The first kappa shape index (κ1) is 17.7. The van der Waals surface area contributed by atoms with E-state index in [1.807, 2.05) is 13.0 Å². The second-order valence-corrected chi connectivity index (χ2v) is 6.80. The number of carbonyl (C=O) groups excluding carboxylic acids is 1. The first-order valence-corrected chi connectivity index (χ1v) is 8.81. The molecular formula is C17H18N2O4S. The van der Waals surface area contributed by atoms with Crippen LogP contribution in [0.2, 0.25) is 0 Å². The average molecular weight is 346 g/mol. The lowest BCUT2D eigenvalue weighted by Crippen LogP contribution is -2.28. The Morgan fingerprint density at radius 2 is 1.71 bits per heavy atom. The molecule has 2 aromatic carbocycles. The Morgan fingerprint density at radius 1 is 1.08 bits per heavy atom. The standard InChI is InChI=1S/C17H18N2O4S/c1-3-23-17(20)16(19-18-14-7-5-4-6-8-14)24(21,22)15-11-9-13(2)10-12-15/h4-12,18H,3H2,1-2H3/b19-16+. The molecule has 7 heteroatoms. The van der Waals surface area contributed by atoms with Gasteiger partial charge in [0.2, 0.25) is 9.84 Å². The molecule has 0 atom stereocenters. The van der Waals surface area contributed by atoms with Gasteiger partial charge in [0.15, 0.2) is 0 Å². The van der Waals surface area contributed by atoms with Gasteiger partial charge in [0, 0.05) is 0 Å². The number of benzene rings is 2. The fourth-order valence-corrected chi connectivity index (χ4v) is 3.03. The molecule has 0 bridgehead atoms. The van der Waals surface area contributed by atoms with E-state index < -0.39 is 20.9 Å². The average Bonchev–Trinajstić information content (AvgIpc) is 2.56. The molecule has 24 heavy (non-hydrogen) atoms. The van der Waals surface area contributed by atoms with Crippen molar-refractivity contribution < 1.29 is 17.9 Å². The lowest BCUT2D eigenvalue weighted by atomic mass is 10.2. The predicted octanol–water partition coefficient (Wildman–Crippen LogP) is 2.76. The molecule has 0 saturated heterocycles. The smallest absolute Gasteiger partial charge is 0.371 e. The van der Waals surface area contributed by atoms with Crippen LogP contribution < -0.4 is 5.43 Å². The number of para-hydroxylation sites is 1. The number of anilines is 1. The number of esters is 1. The molecule has 126 valence electrons. The summed E-state index contributed by atoms with van der Waals surface area (Å²) in [4.78, 5) is 12.1. The van der Waals surface area contributed by atoms with Crippen molar-refractivity contribution in [2.45, 2.75) is 18.7 Å². The molecule has 0 fully saturated rings. The van der Waals surface area contributed by atoms with E-state index in [9.17, 15) is 13.2 Å². The zero-order chi connectivity index (χ0) is 17.6. The van der Waals surface area contributed by atoms with Crippen LogP contribution >= 0.6 is 0 Å². The van der Waals surface area contributed by atoms with Crippen LogP contribution in [0.25, 0.3) is 0 Å². The van der Waals surface area contributed by atoms with Crippen molar-refractivity contribution in [3.8, 4) is 0 Å². The van der Waals surface area contributed by atoms with Crippen LogP contribution in [0.4, 0.5) is 5.69 Å². The minimum Gasteiger partial charge on any atom is -0.461 e. The van der Waals surface area contributed by atoms with Gasteiger partial charge in [-0.3, -0.25) is 5.43 Å². The lowest BCUT2D eigenvalue weighted by Gasteiger charge is -2.09. The molecule has 0 amide bonds. The van der Waals surface area contributed by atoms with Gasteiger partial charge in [0.25, 0.3) is 5.04 Å². The van der Waals surface area contributed by atoms with Crippen LogP contribution in [0.3, 0.4) is 0 Å². The van der Waals surface area contributed by atoms with Crippen molar-refractivity contribution in [2.24, 2.45) is 5.10 Å². The van der Waals surface area contributed by atoms with Crippen molar-refractivity contribution in [1.29, 1.82) is 0 Å². The summed E-state index contributed by atoms with van der Waals surface area (Å²) < 4.78 is 30.3. The fourth-order valence-electron chi connectivity index (χ4n) is 1.87. The Labute approximate surface area is 141 Å². The second-order valence-electron chi connectivity index (χ2n) is 4.93. The third-order valence-electron chi connectivity index (χ3n) is 3.10. The van der Waals surface area contributed by atoms with Crippen molar-refractivity contribution in [3.05, 3.63) is 60.2 Å². The number of nitrogens with zero attached hydrogens (tertiary/aromatic N) is 1. The largest absolute Gasteiger partial charge is 0.461 e. The topological polar surface area (TPSA) is 84.8 Å². The van der Waals surface area contributed by atoms with Gasteiger partial charge in [-0.15, -0.1) is 0 Å². The molecule has 2 aromatic rings. The molecule has 0 aliphatic rings. The number of rotatable bonds is 4. The summed E-state index contributed by atoms with van der Waals surface area (Å²) in [5.74, 6) is -0.999. The molecule has 0 spiro atoms. The van der Waals surface area contributed by atoms with Gasteiger partial charge in [-0.05, 0) is 38.1 Å². The summed E-state index contributed by atoms with van der Waals surface area (Å²) in [7, 11) is -4.10. The molecule has 0 aliphatic heterocycles. The first-order valence-electron chi connectivity index (χ1n) is 7.32. The van der Waals surface area contributed by atoms with Crippen LogP contribution in [0.1, 0.15) is 12.5 Å². The molecular weight excluding hydrogens is 328 g/mol. The maximum Gasteiger partial charge on any atom is 0.371 e. The molecule has 0 aliphatic carbocycles. The molecule has 6 nitrogen and oxygen atoms in total. The minimum atomic E-state index is -4.10. The molecule has 0 heterocycles. The number of hydrazone groups is 1. The van der Waals surface area contributed by atoms with Gasteiger partial charge < -0.3 is 4.74 Å². The van der Waals surface area contributed by atoms with Crippen LogP contribution in [0, 0.1) is 6.92 Å². The maximum atomic E-state index is 12.7. The molecule has 0 aromatic heterocycles. The van der Waals surface area contributed by atoms with E-state index in [4.69, 9.17) is 4.74 Å². The molecule has 1 N–H and O–H groups in total. The molecule has 0 radical (unpaired) electrons. The number of nitrogens with one attached hydrogen (secondary N) is 1. The van der Waals surface area contributed by atoms with Gasteiger partial charge >= 0.3 is 5.97 Å². The summed E-state index contributed by atoms with van der Waals surface area (Å²) in [6, 6.07) is 14.9. The van der Waals surface area contributed by atoms with Gasteiger partial charge in [-0.2, -0.15) is 5.10 Å². The first-order chi connectivity index (χ1) is 11.4. The van der Waals surface area contributed by atoms with Crippen molar-refractivity contribution >= 4 is 26.5 Å². The van der Waals surface area contributed by atoms with E-state index in [1.54, 1.807) is 43.3 Å². The second kappa shape index (κ2) is 7.74. The monoisotopic (exact) mass is 346 g/mol. The minimum absolute atomic E-state index is 0.0187. The van der Waals surface area contributed by atoms with Crippen LogP contribution in [-0.2, 0) is 19.4 Å². The molecule has 0 saturated carbocycles. The number of carbonyl (C=O) groups is 1. The van der Waals surface area contributed by atoms with E-state index in [1.165, 1.54) is 12.1 Å². The van der Waals surface area contributed by atoms with Crippen LogP contribution in [0.15, 0.2) is 64.6 Å². The van der Waals surface area contributed by atoms with Crippen molar-refractivity contribution in [1.82, 2.24) is 0 Å².